The molecule has 0 saturated carbocycles. The topological polar surface area (TPSA) is 20.3 Å². The van der Waals surface area contributed by atoms with Crippen molar-refractivity contribution in [1.29, 1.82) is 0 Å². The van der Waals surface area contributed by atoms with Gasteiger partial charge in [0.05, 0.1) is 5.56 Å². The summed E-state index contributed by atoms with van der Waals surface area (Å²) in [7, 11) is 0. The molecule has 1 aliphatic rings. The van der Waals surface area contributed by atoms with E-state index in [1.165, 1.54) is 12.1 Å². The number of alkyl halides is 1. The third-order valence-electron chi connectivity index (χ3n) is 3.41. The zero-order valence-electron chi connectivity index (χ0n) is 9.70. The van der Waals surface area contributed by atoms with E-state index < -0.39 is 5.82 Å². The molecular formula is C13H15ClFNO. The fourth-order valence-electron chi connectivity index (χ4n) is 2.29. The van der Waals surface area contributed by atoms with E-state index in [1.54, 1.807) is 17.0 Å². The van der Waals surface area contributed by atoms with E-state index in [2.05, 4.69) is 6.92 Å². The highest BCUT2D eigenvalue weighted by molar-refractivity contribution is 6.18. The van der Waals surface area contributed by atoms with Gasteiger partial charge in [0.1, 0.15) is 5.82 Å². The Labute approximate surface area is 105 Å². The van der Waals surface area contributed by atoms with Gasteiger partial charge in [0.25, 0.3) is 5.91 Å². The summed E-state index contributed by atoms with van der Waals surface area (Å²) in [6, 6.07) is 6.10. The van der Waals surface area contributed by atoms with Gasteiger partial charge < -0.3 is 4.90 Å². The lowest BCUT2D eigenvalue weighted by Gasteiger charge is -2.25. The molecule has 1 fully saturated rings. The fourth-order valence-corrected chi connectivity index (χ4v) is 2.76. The van der Waals surface area contributed by atoms with Gasteiger partial charge in [0.15, 0.2) is 0 Å². The summed E-state index contributed by atoms with van der Waals surface area (Å²) in [6.45, 7) is 2.73. The minimum absolute atomic E-state index is 0.0174. The van der Waals surface area contributed by atoms with E-state index in [4.69, 9.17) is 11.6 Å². The molecule has 2 nitrogen and oxygen atoms in total. The maximum absolute atomic E-state index is 13.5. The van der Waals surface area contributed by atoms with Crippen LogP contribution in [0.25, 0.3) is 0 Å². The average Bonchev–Trinajstić information content (AvgIpc) is 2.70. The molecule has 1 aromatic carbocycles. The summed E-state index contributed by atoms with van der Waals surface area (Å²) >= 11 is 5.88. The molecule has 17 heavy (non-hydrogen) atoms. The van der Waals surface area contributed by atoms with Crippen LogP contribution in [0.2, 0.25) is 0 Å². The van der Waals surface area contributed by atoms with Crippen LogP contribution in [0.3, 0.4) is 0 Å². The number of likely N-dealkylation sites (tertiary alicyclic amines) is 1. The van der Waals surface area contributed by atoms with Gasteiger partial charge >= 0.3 is 0 Å². The van der Waals surface area contributed by atoms with Gasteiger partial charge in [-0.15, -0.1) is 11.6 Å². The maximum Gasteiger partial charge on any atom is 0.257 e. The molecule has 0 bridgehead atoms. The second-order valence-electron chi connectivity index (χ2n) is 4.47. The molecule has 1 aromatic rings. The van der Waals surface area contributed by atoms with Crippen LogP contribution in [0.1, 0.15) is 23.7 Å². The Morgan fingerprint density at radius 2 is 2.24 bits per heavy atom. The Morgan fingerprint density at radius 3 is 2.88 bits per heavy atom. The van der Waals surface area contributed by atoms with Gasteiger partial charge in [0.2, 0.25) is 0 Å². The number of benzene rings is 1. The molecule has 1 amide bonds. The predicted molar refractivity (Wildman–Crippen MR) is 65.7 cm³/mol. The predicted octanol–water partition coefficient (Wildman–Crippen LogP) is 2.92. The minimum atomic E-state index is -0.467. The number of carbonyl (C=O) groups excluding carboxylic acids is 1. The van der Waals surface area contributed by atoms with Gasteiger partial charge in [-0.05, 0) is 24.5 Å². The van der Waals surface area contributed by atoms with Crippen LogP contribution < -0.4 is 0 Å². The lowest BCUT2D eigenvalue weighted by atomic mass is 10.0. The second-order valence-corrected chi connectivity index (χ2v) is 4.77. The monoisotopic (exact) mass is 255 g/mol. The number of nitrogens with zero attached hydrogens (tertiary/aromatic N) is 1. The molecule has 0 N–H and O–H groups in total. The van der Waals surface area contributed by atoms with Crippen LogP contribution in [0.4, 0.5) is 4.39 Å². The Balaban J connectivity index is 2.24. The zero-order valence-corrected chi connectivity index (χ0v) is 10.5. The van der Waals surface area contributed by atoms with Gasteiger partial charge in [-0.3, -0.25) is 4.79 Å². The lowest BCUT2D eigenvalue weighted by Crippen LogP contribution is -2.39. The van der Waals surface area contributed by atoms with E-state index in [0.717, 1.165) is 6.42 Å². The van der Waals surface area contributed by atoms with Crippen molar-refractivity contribution < 1.29 is 9.18 Å². The number of hydrogen-bond acceptors (Lipinski definition) is 1. The summed E-state index contributed by atoms with van der Waals surface area (Å²) in [5.41, 5.74) is 0.136. The lowest BCUT2D eigenvalue weighted by molar-refractivity contribution is 0.0732. The van der Waals surface area contributed by atoms with Crippen LogP contribution in [-0.4, -0.2) is 29.3 Å². The summed E-state index contributed by atoms with van der Waals surface area (Å²) < 4.78 is 13.5. The summed E-state index contributed by atoms with van der Waals surface area (Å²) in [6.07, 6.45) is 0.928. The van der Waals surface area contributed by atoms with E-state index in [1.807, 2.05) is 0 Å². The first-order valence-corrected chi connectivity index (χ1v) is 6.30. The van der Waals surface area contributed by atoms with Gasteiger partial charge in [-0.1, -0.05) is 19.1 Å². The van der Waals surface area contributed by atoms with Crippen molar-refractivity contribution in [3.8, 4) is 0 Å². The molecular weight excluding hydrogens is 241 g/mol. The normalized spacial score (nSPS) is 24.1. The van der Waals surface area contributed by atoms with Crippen LogP contribution in [0, 0.1) is 11.7 Å². The summed E-state index contributed by atoms with van der Waals surface area (Å²) in [5, 5.41) is 0. The molecule has 1 saturated heterocycles. The number of amides is 1. The van der Waals surface area contributed by atoms with Crippen molar-refractivity contribution in [2.24, 2.45) is 5.92 Å². The smallest absolute Gasteiger partial charge is 0.257 e. The van der Waals surface area contributed by atoms with Crippen molar-refractivity contribution in [1.82, 2.24) is 4.90 Å². The van der Waals surface area contributed by atoms with Crippen molar-refractivity contribution >= 4 is 17.5 Å². The van der Waals surface area contributed by atoms with Gasteiger partial charge in [-0.2, -0.15) is 0 Å². The van der Waals surface area contributed by atoms with Crippen LogP contribution in [0.15, 0.2) is 24.3 Å². The number of carbonyl (C=O) groups is 1. The first-order chi connectivity index (χ1) is 8.15. The molecule has 2 rings (SSSR count). The maximum atomic E-state index is 13.5. The number of rotatable bonds is 2. The number of halogens is 2. The highest BCUT2D eigenvalue weighted by atomic mass is 35.5. The van der Waals surface area contributed by atoms with Crippen molar-refractivity contribution in [3.05, 3.63) is 35.6 Å². The van der Waals surface area contributed by atoms with Gasteiger partial charge in [-0.25, -0.2) is 4.39 Å². The van der Waals surface area contributed by atoms with Crippen LogP contribution in [0.5, 0.6) is 0 Å². The minimum Gasteiger partial charge on any atom is -0.334 e. The van der Waals surface area contributed by atoms with E-state index in [9.17, 15) is 9.18 Å². The highest BCUT2D eigenvalue weighted by Gasteiger charge is 2.34. The quantitative estimate of drug-likeness (QED) is 0.744. The Kier molecular flexibility index (Phi) is 3.67. The van der Waals surface area contributed by atoms with Gasteiger partial charge in [0, 0.05) is 18.5 Å². The van der Waals surface area contributed by atoms with Crippen molar-refractivity contribution in [2.75, 3.05) is 12.4 Å². The molecule has 0 aromatic heterocycles. The van der Waals surface area contributed by atoms with E-state index in [-0.39, 0.29) is 17.5 Å². The Hall–Kier alpha value is -1.09. The molecule has 92 valence electrons. The molecule has 0 spiro atoms. The van der Waals surface area contributed by atoms with Crippen molar-refractivity contribution in [3.63, 3.8) is 0 Å². The second kappa shape index (κ2) is 5.05. The Morgan fingerprint density at radius 1 is 1.53 bits per heavy atom. The van der Waals surface area contributed by atoms with Crippen molar-refractivity contribution in [2.45, 2.75) is 19.4 Å². The molecule has 2 unspecified atom stereocenters. The van der Waals surface area contributed by atoms with E-state index >= 15 is 0 Å². The Bertz CT molecular complexity index is 424. The third kappa shape index (κ3) is 2.29. The molecule has 1 heterocycles. The largest absolute Gasteiger partial charge is 0.334 e. The standard InChI is InChI=1S/C13H15ClFNO/c1-9-6-7-16(12(9)8-14)13(17)10-4-2-3-5-11(10)15/h2-5,9,12H,6-8H2,1H3. The first kappa shape index (κ1) is 12.4. The first-order valence-electron chi connectivity index (χ1n) is 5.76. The summed E-state index contributed by atoms with van der Waals surface area (Å²) in [4.78, 5) is 13.9. The zero-order chi connectivity index (χ0) is 12.4. The van der Waals surface area contributed by atoms with Crippen LogP contribution >= 0.6 is 11.6 Å². The average molecular weight is 256 g/mol. The SMILES string of the molecule is CC1CCN(C(=O)c2ccccc2F)C1CCl. The molecule has 2 atom stereocenters. The van der Waals surface area contributed by atoms with E-state index in [0.29, 0.717) is 18.3 Å². The molecule has 4 heteroatoms. The highest BCUT2D eigenvalue weighted by Crippen LogP contribution is 2.27. The molecule has 0 radical (unpaired) electrons. The summed E-state index contributed by atoms with van der Waals surface area (Å²) in [5.74, 6) is 0.0631. The molecule has 1 aliphatic heterocycles. The fraction of sp³-hybridized carbons (Fsp3) is 0.462. The third-order valence-corrected chi connectivity index (χ3v) is 3.72. The molecule has 0 aliphatic carbocycles. The number of hydrogen-bond donors (Lipinski definition) is 0. The van der Waals surface area contributed by atoms with Crippen LogP contribution in [-0.2, 0) is 0 Å².